The average molecular weight is 714 g/mol. The number of benzene rings is 2. The molecule has 0 unspecified atom stereocenters. The highest BCUT2D eigenvalue weighted by atomic mass is 35.5. The van der Waals surface area contributed by atoms with Gasteiger partial charge in [0.05, 0.1) is 36.8 Å². The summed E-state index contributed by atoms with van der Waals surface area (Å²) in [6.07, 6.45) is 8.53. The van der Waals surface area contributed by atoms with Gasteiger partial charge in [0.25, 0.3) is 5.91 Å². The van der Waals surface area contributed by atoms with Crippen molar-refractivity contribution in [2.75, 3.05) is 51.9 Å². The number of ether oxygens (including phenoxy) is 3. The van der Waals surface area contributed by atoms with E-state index in [1.165, 1.54) is 11.1 Å². The van der Waals surface area contributed by atoms with Gasteiger partial charge in [-0.1, -0.05) is 37.4 Å². The molecule has 7 rings (SSSR count). The molecule has 2 aromatic carbocycles. The van der Waals surface area contributed by atoms with Crippen LogP contribution in [0.4, 0.5) is 5.69 Å². The number of hydrogen-bond donors (Lipinski definition) is 1. The zero-order valence-electron chi connectivity index (χ0n) is 29.2. The number of sulfonamides is 1. The summed E-state index contributed by atoms with van der Waals surface area (Å²) in [6.45, 7) is 5.25. The Morgan fingerprint density at radius 2 is 1.80 bits per heavy atom. The van der Waals surface area contributed by atoms with Crippen LogP contribution in [0.2, 0.25) is 5.02 Å². The third kappa shape index (κ3) is 7.10. The Balaban J connectivity index is 1.26. The van der Waals surface area contributed by atoms with E-state index in [-0.39, 0.29) is 23.7 Å². The third-order valence-corrected chi connectivity index (χ3v) is 14.4. The second kappa shape index (κ2) is 14.3. The Morgan fingerprint density at radius 3 is 2.53 bits per heavy atom. The minimum atomic E-state index is -3.87. The van der Waals surface area contributed by atoms with Crippen LogP contribution in [0.1, 0.15) is 86.2 Å². The Bertz CT molecular complexity index is 1630. The number of hydrogen-bond acceptors (Lipinski definition) is 8. The number of amides is 1. The van der Waals surface area contributed by atoms with Crippen LogP contribution in [0.5, 0.6) is 5.75 Å². The first-order chi connectivity index (χ1) is 23.6. The molecule has 1 N–H and O–H groups in total. The quantitative estimate of drug-likeness (QED) is 0.404. The van der Waals surface area contributed by atoms with Crippen molar-refractivity contribution in [3.8, 4) is 5.75 Å². The summed E-state index contributed by atoms with van der Waals surface area (Å²) in [7, 11) is 0.259. The molecule has 9 nitrogen and oxygen atoms in total. The molecule has 1 saturated carbocycles. The summed E-state index contributed by atoms with van der Waals surface area (Å²) in [5.74, 6) is 1.22. The maximum Gasteiger partial charge on any atom is 0.264 e. The zero-order valence-corrected chi connectivity index (χ0v) is 30.7. The van der Waals surface area contributed by atoms with Gasteiger partial charge in [0.2, 0.25) is 10.0 Å². The maximum atomic E-state index is 13.6. The number of likely N-dealkylation sites (N-methyl/N-ethyl adjacent to an activating group) is 1. The maximum absolute atomic E-state index is 13.6. The summed E-state index contributed by atoms with van der Waals surface area (Å²) < 4.78 is 49.0. The van der Waals surface area contributed by atoms with Crippen molar-refractivity contribution in [2.24, 2.45) is 17.8 Å². The molecule has 5 atom stereocenters. The van der Waals surface area contributed by atoms with Crippen LogP contribution in [-0.4, -0.2) is 83.8 Å². The fourth-order valence-electron chi connectivity index (χ4n) is 9.13. The standard InChI is InChI=1S/C38H52ClN3O6S/c1-4-30-9-5-6-10-32(37-46-21-29(22-47-37)41(2)3)31-14-11-27(31)20-42-23-38(17-7-8-25-18-28(39)13-15-33(25)38)24-48-35-16-12-26(19-34(35)42)36(43)40-49(30,44)45/h12-13,15-16,18-19,27,29-32,37H,4-11,14,17,20-24H2,1-3H3,(H,40,43)/t27-,29-,30+,31+,32+,37-,38-/m0/s1. The summed E-state index contributed by atoms with van der Waals surface area (Å²) in [5.41, 5.74) is 3.51. The van der Waals surface area contributed by atoms with Crippen molar-refractivity contribution in [2.45, 2.75) is 94.1 Å². The van der Waals surface area contributed by atoms with Crippen LogP contribution in [0.15, 0.2) is 36.4 Å². The highest BCUT2D eigenvalue weighted by molar-refractivity contribution is 7.90. The Hall–Kier alpha value is -2.37. The van der Waals surface area contributed by atoms with Gasteiger partial charge in [0, 0.05) is 35.0 Å². The van der Waals surface area contributed by atoms with Crippen LogP contribution in [0.25, 0.3) is 0 Å². The summed E-state index contributed by atoms with van der Waals surface area (Å²) >= 11 is 6.47. The van der Waals surface area contributed by atoms with Crippen molar-refractivity contribution in [3.05, 3.63) is 58.1 Å². The Kier molecular flexibility index (Phi) is 10.3. The van der Waals surface area contributed by atoms with E-state index in [1.807, 2.05) is 25.1 Å². The van der Waals surface area contributed by atoms with Crippen molar-refractivity contribution < 1.29 is 27.4 Å². The molecule has 1 saturated heterocycles. The fourth-order valence-corrected chi connectivity index (χ4v) is 10.8. The topological polar surface area (TPSA) is 97.4 Å². The number of fused-ring (bicyclic) bond motifs is 4. The predicted octanol–water partition coefficient (Wildman–Crippen LogP) is 6.17. The van der Waals surface area contributed by atoms with E-state index in [0.29, 0.717) is 50.1 Å². The number of anilines is 1. The zero-order chi connectivity index (χ0) is 34.3. The molecule has 3 heterocycles. The number of carbonyl (C=O) groups is 1. The van der Waals surface area contributed by atoms with Gasteiger partial charge in [-0.2, -0.15) is 0 Å². The summed E-state index contributed by atoms with van der Waals surface area (Å²) in [5, 5.41) is 0.115. The van der Waals surface area contributed by atoms with Crippen LogP contribution in [0.3, 0.4) is 0 Å². The van der Waals surface area contributed by atoms with Gasteiger partial charge in [-0.05, 0) is 119 Å². The molecule has 1 spiro atoms. The highest BCUT2D eigenvalue weighted by Crippen LogP contribution is 2.49. The molecule has 2 aromatic rings. The molecule has 0 radical (unpaired) electrons. The molecule has 3 aliphatic heterocycles. The van der Waals surface area contributed by atoms with Crippen molar-refractivity contribution in [3.63, 3.8) is 0 Å². The smallest absolute Gasteiger partial charge is 0.264 e. The lowest BCUT2D eigenvalue weighted by molar-refractivity contribution is -0.240. The van der Waals surface area contributed by atoms with Crippen molar-refractivity contribution >= 4 is 33.2 Å². The molecule has 0 aromatic heterocycles. The average Bonchev–Trinajstić information content (AvgIpc) is 3.22. The molecule has 268 valence electrons. The minimum absolute atomic E-state index is 0.228. The Morgan fingerprint density at radius 1 is 1.00 bits per heavy atom. The SMILES string of the molecule is CC[C@@H]1CCCC[C@@H]([C@H]2OC[C@H](N(C)C)CO2)[C@@H]2CC[C@H]2CN2C[C@@]3(CCCc4cc(Cl)ccc43)COc3ccc(cc32)C(=O)NS1(=O)=O. The van der Waals surface area contributed by atoms with Gasteiger partial charge in [-0.15, -0.1) is 0 Å². The van der Waals surface area contributed by atoms with Crippen LogP contribution in [-0.2, 0) is 31.3 Å². The lowest BCUT2D eigenvalue weighted by atomic mass is 9.64. The minimum Gasteiger partial charge on any atom is -0.490 e. The largest absolute Gasteiger partial charge is 0.490 e. The molecular formula is C38H52ClN3O6S. The molecule has 2 bridgehead atoms. The van der Waals surface area contributed by atoms with E-state index < -0.39 is 21.2 Å². The van der Waals surface area contributed by atoms with Gasteiger partial charge in [0.1, 0.15) is 5.75 Å². The lowest BCUT2D eigenvalue weighted by Crippen LogP contribution is -2.52. The molecular weight excluding hydrogens is 662 g/mol. The third-order valence-electron chi connectivity index (χ3n) is 12.2. The van der Waals surface area contributed by atoms with E-state index in [4.69, 9.17) is 25.8 Å². The first kappa shape index (κ1) is 35.1. The van der Waals surface area contributed by atoms with Gasteiger partial charge >= 0.3 is 0 Å². The molecule has 11 heteroatoms. The number of carbonyl (C=O) groups excluding carboxylic acids is 1. The van der Waals surface area contributed by atoms with Crippen LogP contribution >= 0.6 is 11.6 Å². The molecule has 1 amide bonds. The van der Waals surface area contributed by atoms with E-state index in [1.54, 1.807) is 6.07 Å². The van der Waals surface area contributed by atoms with Crippen LogP contribution in [0, 0.1) is 17.8 Å². The first-order valence-electron chi connectivity index (χ1n) is 18.3. The second-order valence-electron chi connectivity index (χ2n) is 15.4. The van der Waals surface area contributed by atoms with Gasteiger partial charge < -0.3 is 24.0 Å². The normalized spacial score (nSPS) is 33.4. The van der Waals surface area contributed by atoms with E-state index in [2.05, 4.69) is 40.7 Å². The number of nitrogens with zero attached hydrogens (tertiary/aromatic N) is 2. The molecule has 2 fully saturated rings. The molecule has 49 heavy (non-hydrogen) atoms. The first-order valence-corrected chi connectivity index (χ1v) is 20.3. The van der Waals surface area contributed by atoms with E-state index >= 15 is 0 Å². The second-order valence-corrected chi connectivity index (χ2v) is 17.8. The van der Waals surface area contributed by atoms with E-state index in [0.717, 1.165) is 80.9 Å². The van der Waals surface area contributed by atoms with E-state index in [9.17, 15) is 13.2 Å². The number of nitrogens with one attached hydrogen (secondary N) is 1. The summed E-state index contributed by atoms with van der Waals surface area (Å²) in [6, 6.07) is 11.9. The van der Waals surface area contributed by atoms with Crippen LogP contribution < -0.4 is 14.4 Å². The number of aryl methyl sites for hydroxylation is 1. The number of rotatable bonds is 3. The predicted molar refractivity (Wildman–Crippen MR) is 192 cm³/mol. The Labute approximate surface area is 297 Å². The van der Waals surface area contributed by atoms with Crippen molar-refractivity contribution in [1.29, 1.82) is 0 Å². The lowest BCUT2D eigenvalue weighted by Gasteiger charge is -2.49. The van der Waals surface area contributed by atoms with Gasteiger partial charge in [0.15, 0.2) is 6.29 Å². The molecule has 2 aliphatic carbocycles. The fraction of sp³-hybridized carbons (Fsp3) is 0.658. The van der Waals surface area contributed by atoms with Gasteiger partial charge in [-0.25, -0.2) is 13.1 Å². The number of halogens is 1. The van der Waals surface area contributed by atoms with Crippen molar-refractivity contribution in [1.82, 2.24) is 9.62 Å². The summed E-state index contributed by atoms with van der Waals surface area (Å²) in [4.78, 5) is 18.2. The van der Waals surface area contributed by atoms with Gasteiger partial charge in [-0.3, -0.25) is 4.79 Å². The molecule has 5 aliphatic rings. The highest BCUT2D eigenvalue weighted by Gasteiger charge is 2.46. The monoisotopic (exact) mass is 713 g/mol.